The van der Waals surface area contributed by atoms with Gasteiger partial charge in [0, 0.05) is 18.1 Å². The van der Waals surface area contributed by atoms with Crippen molar-refractivity contribution in [3.8, 4) is 0 Å². The number of nitrogens with zero attached hydrogens (tertiary/aromatic N) is 1. The molecule has 1 fully saturated rings. The lowest BCUT2D eigenvalue weighted by Crippen LogP contribution is -2.49. The lowest BCUT2D eigenvalue weighted by atomic mass is 9.98. The van der Waals surface area contributed by atoms with E-state index in [2.05, 4.69) is 45.0 Å². The summed E-state index contributed by atoms with van der Waals surface area (Å²) in [7, 11) is 2.27. The van der Waals surface area contributed by atoms with Crippen LogP contribution in [0.15, 0.2) is 0 Å². The minimum Gasteiger partial charge on any atom is -0.312 e. The molecule has 1 atom stereocenters. The van der Waals surface area contributed by atoms with E-state index >= 15 is 0 Å². The monoisotopic (exact) mass is 226 g/mol. The van der Waals surface area contributed by atoms with Gasteiger partial charge in [-0.15, -0.1) is 0 Å². The molecular weight excluding hydrogens is 196 g/mol. The molecule has 1 rings (SSSR count). The molecule has 96 valence electrons. The maximum atomic E-state index is 3.72. The summed E-state index contributed by atoms with van der Waals surface area (Å²) in [6, 6.07) is 0.718. The van der Waals surface area contributed by atoms with Gasteiger partial charge in [-0.3, -0.25) is 4.90 Å². The van der Waals surface area contributed by atoms with Crippen LogP contribution in [0, 0.1) is 5.92 Å². The van der Waals surface area contributed by atoms with Crippen LogP contribution in [-0.2, 0) is 0 Å². The van der Waals surface area contributed by atoms with E-state index in [4.69, 9.17) is 0 Å². The Hall–Kier alpha value is -0.0800. The zero-order valence-corrected chi connectivity index (χ0v) is 11.8. The van der Waals surface area contributed by atoms with E-state index in [1.807, 2.05) is 0 Å². The van der Waals surface area contributed by atoms with Crippen LogP contribution in [0.1, 0.15) is 53.4 Å². The quantitative estimate of drug-likeness (QED) is 0.684. The maximum Gasteiger partial charge on any atom is 0.0223 e. The van der Waals surface area contributed by atoms with Gasteiger partial charge < -0.3 is 5.32 Å². The first kappa shape index (κ1) is 14.0. The number of hydrogen-bond donors (Lipinski definition) is 1. The number of likely N-dealkylation sites (N-methyl/N-ethyl adjacent to an activating group) is 1. The van der Waals surface area contributed by atoms with E-state index in [1.54, 1.807) is 0 Å². The highest BCUT2D eigenvalue weighted by atomic mass is 15.2. The predicted molar refractivity (Wildman–Crippen MR) is 71.8 cm³/mol. The van der Waals surface area contributed by atoms with Gasteiger partial charge in [0.25, 0.3) is 0 Å². The second-order valence-electron chi connectivity index (χ2n) is 5.94. The first-order chi connectivity index (χ1) is 7.51. The van der Waals surface area contributed by atoms with Gasteiger partial charge >= 0.3 is 0 Å². The topological polar surface area (TPSA) is 15.3 Å². The molecule has 1 aliphatic carbocycles. The smallest absolute Gasteiger partial charge is 0.0223 e. The third-order valence-electron chi connectivity index (χ3n) is 4.22. The van der Waals surface area contributed by atoms with Crippen LogP contribution in [-0.4, -0.2) is 36.6 Å². The first-order valence-corrected chi connectivity index (χ1v) is 6.96. The van der Waals surface area contributed by atoms with Gasteiger partial charge in [0.05, 0.1) is 0 Å². The molecule has 1 aliphatic rings. The zero-order valence-electron chi connectivity index (χ0n) is 11.8. The average Bonchev–Trinajstić information content (AvgIpc) is 3.07. The normalized spacial score (nSPS) is 19.1. The second kappa shape index (κ2) is 6.02. The maximum absolute atomic E-state index is 3.72. The van der Waals surface area contributed by atoms with E-state index < -0.39 is 0 Å². The Labute approximate surface area is 102 Å². The minimum absolute atomic E-state index is 0.334. The van der Waals surface area contributed by atoms with Crippen molar-refractivity contribution in [1.29, 1.82) is 0 Å². The molecular formula is C14H30N2. The summed E-state index contributed by atoms with van der Waals surface area (Å²) in [6.07, 6.45) is 5.32. The molecule has 2 nitrogen and oxygen atoms in total. The molecule has 0 radical (unpaired) electrons. The van der Waals surface area contributed by atoms with E-state index in [0.29, 0.717) is 5.54 Å². The van der Waals surface area contributed by atoms with Crippen molar-refractivity contribution in [2.24, 2.45) is 5.92 Å². The Morgan fingerprint density at radius 3 is 2.38 bits per heavy atom. The largest absolute Gasteiger partial charge is 0.312 e. The van der Waals surface area contributed by atoms with Crippen molar-refractivity contribution in [2.75, 3.05) is 20.1 Å². The van der Waals surface area contributed by atoms with Crippen LogP contribution in [0.4, 0.5) is 0 Å². The van der Waals surface area contributed by atoms with Gasteiger partial charge in [-0.05, 0) is 59.0 Å². The second-order valence-corrected chi connectivity index (χ2v) is 5.94. The SMILES string of the molecule is CCCNC(CN(C)C(C)(C)CC)C1CC1. The molecule has 0 bridgehead atoms. The predicted octanol–water partition coefficient (Wildman–Crippen LogP) is 2.89. The molecule has 16 heavy (non-hydrogen) atoms. The van der Waals surface area contributed by atoms with Gasteiger partial charge in [-0.1, -0.05) is 13.8 Å². The fourth-order valence-electron chi connectivity index (χ4n) is 2.02. The van der Waals surface area contributed by atoms with Gasteiger partial charge in [0.1, 0.15) is 0 Å². The van der Waals surface area contributed by atoms with Crippen molar-refractivity contribution in [3.05, 3.63) is 0 Å². The molecule has 0 spiro atoms. The molecule has 0 amide bonds. The van der Waals surface area contributed by atoms with Crippen LogP contribution in [0.25, 0.3) is 0 Å². The molecule has 0 aliphatic heterocycles. The van der Waals surface area contributed by atoms with Gasteiger partial charge in [0.2, 0.25) is 0 Å². The van der Waals surface area contributed by atoms with Crippen molar-refractivity contribution < 1.29 is 0 Å². The standard InChI is InChI=1S/C14H30N2/c1-6-10-15-13(12-8-9-12)11-16(5)14(3,4)7-2/h12-13,15H,6-11H2,1-5H3. The van der Waals surface area contributed by atoms with Gasteiger partial charge in [-0.2, -0.15) is 0 Å². The molecule has 0 aromatic carbocycles. The first-order valence-electron chi connectivity index (χ1n) is 6.96. The number of hydrogen-bond acceptors (Lipinski definition) is 2. The summed E-state index contributed by atoms with van der Waals surface area (Å²) >= 11 is 0. The summed E-state index contributed by atoms with van der Waals surface area (Å²) in [5, 5.41) is 3.72. The van der Waals surface area contributed by atoms with Gasteiger partial charge in [-0.25, -0.2) is 0 Å². The van der Waals surface area contributed by atoms with E-state index in [1.165, 1.54) is 38.8 Å². The Kier molecular flexibility index (Phi) is 5.26. The lowest BCUT2D eigenvalue weighted by Gasteiger charge is -2.37. The summed E-state index contributed by atoms with van der Waals surface area (Å²) in [5.41, 5.74) is 0.334. The molecule has 1 saturated carbocycles. The molecule has 2 heteroatoms. The molecule has 1 unspecified atom stereocenters. The van der Waals surface area contributed by atoms with Crippen molar-refractivity contribution >= 4 is 0 Å². The van der Waals surface area contributed by atoms with E-state index in [0.717, 1.165) is 12.0 Å². The van der Waals surface area contributed by atoms with Crippen LogP contribution >= 0.6 is 0 Å². The Balaban J connectivity index is 2.41. The highest BCUT2D eigenvalue weighted by Gasteiger charge is 2.33. The third kappa shape index (κ3) is 4.06. The molecule has 1 N–H and O–H groups in total. The third-order valence-corrected chi connectivity index (χ3v) is 4.22. The number of rotatable bonds is 8. The average molecular weight is 226 g/mol. The van der Waals surface area contributed by atoms with E-state index in [9.17, 15) is 0 Å². The van der Waals surface area contributed by atoms with Gasteiger partial charge in [0.15, 0.2) is 0 Å². The molecule has 0 aromatic heterocycles. The van der Waals surface area contributed by atoms with Crippen molar-refractivity contribution in [3.63, 3.8) is 0 Å². The van der Waals surface area contributed by atoms with Crippen LogP contribution < -0.4 is 5.32 Å². The fourth-order valence-corrected chi connectivity index (χ4v) is 2.02. The van der Waals surface area contributed by atoms with Crippen molar-refractivity contribution in [1.82, 2.24) is 10.2 Å². The molecule has 0 heterocycles. The van der Waals surface area contributed by atoms with Crippen LogP contribution in [0.3, 0.4) is 0 Å². The lowest BCUT2D eigenvalue weighted by molar-refractivity contribution is 0.131. The molecule has 0 aromatic rings. The summed E-state index contributed by atoms with van der Waals surface area (Å²) < 4.78 is 0. The fraction of sp³-hybridized carbons (Fsp3) is 1.00. The van der Waals surface area contributed by atoms with Crippen molar-refractivity contribution in [2.45, 2.75) is 65.0 Å². The molecule has 0 saturated heterocycles. The zero-order chi connectivity index (χ0) is 12.2. The van der Waals surface area contributed by atoms with Crippen LogP contribution in [0.5, 0.6) is 0 Å². The Bertz CT molecular complexity index is 197. The Morgan fingerprint density at radius 1 is 1.31 bits per heavy atom. The van der Waals surface area contributed by atoms with E-state index in [-0.39, 0.29) is 0 Å². The minimum atomic E-state index is 0.334. The highest BCUT2D eigenvalue weighted by molar-refractivity contribution is 4.90. The summed E-state index contributed by atoms with van der Waals surface area (Å²) in [5.74, 6) is 0.946. The van der Waals surface area contributed by atoms with Crippen LogP contribution in [0.2, 0.25) is 0 Å². The summed E-state index contributed by atoms with van der Waals surface area (Å²) in [6.45, 7) is 11.6. The number of nitrogens with one attached hydrogen (secondary N) is 1. The Morgan fingerprint density at radius 2 is 1.94 bits per heavy atom. The summed E-state index contributed by atoms with van der Waals surface area (Å²) in [4.78, 5) is 2.53. The highest BCUT2D eigenvalue weighted by Crippen LogP contribution is 2.33.